The van der Waals surface area contributed by atoms with Crippen LogP contribution < -0.4 is 0 Å². The number of hydrogen-bond acceptors (Lipinski definition) is 2. The van der Waals surface area contributed by atoms with Gasteiger partial charge in [0.05, 0.1) is 5.75 Å². The highest BCUT2D eigenvalue weighted by atomic mass is 32.2. The normalized spacial score (nSPS) is 12.5. The van der Waals surface area contributed by atoms with E-state index in [1.54, 1.807) is 0 Å². The Morgan fingerprint density at radius 1 is 1.73 bits per heavy atom. The van der Waals surface area contributed by atoms with Crippen LogP contribution in [0.4, 0.5) is 0 Å². The van der Waals surface area contributed by atoms with Crippen molar-refractivity contribution in [1.82, 2.24) is 0 Å². The van der Waals surface area contributed by atoms with Crippen molar-refractivity contribution < 1.29 is 9.90 Å². The van der Waals surface area contributed by atoms with Crippen LogP contribution in [0.2, 0.25) is 0 Å². The lowest BCUT2D eigenvalue weighted by Gasteiger charge is -2.13. The number of hydrogen-bond donors (Lipinski definition) is 1. The molecule has 0 amide bonds. The molecular formula is C8H12O2S. The van der Waals surface area contributed by atoms with Crippen molar-refractivity contribution in [3.8, 4) is 12.3 Å². The van der Waals surface area contributed by atoms with E-state index in [0.29, 0.717) is 5.75 Å². The molecule has 3 heteroatoms. The average molecular weight is 172 g/mol. The summed E-state index contributed by atoms with van der Waals surface area (Å²) in [7, 11) is 0. The zero-order chi connectivity index (χ0) is 8.85. The summed E-state index contributed by atoms with van der Waals surface area (Å²) in [6.45, 7) is 3.75. The van der Waals surface area contributed by atoms with Gasteiger partial charge in [0.2, 0.25) is 0 Å². The molecule has 0 aromatic carbocycles. The van der Waals surface area contributed by atoms with E-state index in [1.807, 2.05) is 13.8 Å². The van der Waals surface area contributed by atoms with E-state index in [1.165, 1.54) is 11.8 Å². The zero-order valence-corrected chi connectivity index (χ0v) is 7.52. The quantitative estimate of drug-likeness (QED) is 0.652. The molecule has 0 aromatic rings. The zero-order valence-electron chi connectivity index (χ0n) is 6.70. The molecule has 62 valence electrons. The van der Waals surface area contributed by atoms with Gasteiger partial charge in [-0.1, -0.05) is 19.8 Å². The maximum absolute atomic E-state index is 10.6. The highest BCUT2D eigenvalue weighted by Crippen LogP contribution is 2.18. The Bertz CT molecular complexity index is 169. The molecule has 0 saturated carbocycles. The minimum atomic E-state index is -0.778. The van der Waals surface area contributed by atoms with Crippen LogP contribution in [0.3, 0.4) is 0 Å². The van der Waals surface area contributed by atoms with E-state index in [4.69, 9.17) is 11.5 Å². The molecule has 0 aliphatic carbocycles. The van der Waals surface area contributed by atoms with Gasteiger partial charge in [-0.25, -0.2) is 0 Å². The van der Waals surface area contributed by atoms with Gasteiger partial charge in [-0.2, -0.15) is 0 Å². The fourth-order valence-electron chi connectivity index (χ4n) is 0.687. The van der Waals surface area contributed by atoms with Crippen LogP contribution in [-0.4, -0.2) is 22.1 Å². The van der Waals surface area contributed by atoms with Crippen molar-refractivity contribution in [3.63, 3.8) is 0 Å². The van der Waals surface area contributed by atoms with Gasteiger partial charge in [-0.3, -0.25) is 4.79 Å². The molecule has 0 aliphatic heterocycles. The Morgan fingerprint density at radius 2 is 2.27 bits per heavy atom. The number of carbonyl (C=O) groups is 1. The maximum Gasteiger partial charge on any atom is 0.316 e. The third-order valence-corrected chi connectivity index (χ3v) is 2.63. The molecule has 0 aliphatic rings. The van der Waals surface area contributed by atoms with Crippen molar-refractivity contribution >= 4 is 17.7 Å². The molecule has 0 radical (unpaired) electrons. The van der Waals surface area contributed by atoms with E-state index < -0.39 is 5.97 Å². The van der Waals surface area contributed by atoms with E-state index in [0.717, 1.165) is 0 Å². The second-order valence-corrected chi connectivity index (χ2v) is 3.65. The molecule has 1 unspecified atom stereocenters. The van der Waals surface area contributed by atoms with Crippen molar-refractivity contribution in [2.24, 2.45) is 5.92 Å². The number of rotatable bonds is 4. The monoisotopic (exact) mass is 172 g/mol. The number of terminal acetylenes is 1. The fraction of sp³-hybridized carbons (Fsp3) is 0.625. The highest BCUT2D eigenvalue weighted by Gasteiger charge is 2.20. The first kappa shape index (κ1) is 10.4. The highest BCUT2D eigenvalue weighted by molar-refractivity contribution is 8.00. The molecule has 0 bridgehead atoms. The Hall–Kier alpha value is -0.620. The predicted molar refractivity (Wildman–Crippen MR) is 47.6 cm³/mol. The van der Waals surface area contributed by atoms with E-state index in [-0.39, 0.29) is 11.2 Å². The third kappa shape index (κ3) is 3.94. The average Bonchev–Trinajstić information content (AvgIpc) is 1.87. The second-order valence-electron chi connectivity index (χ2n) is 2.52. The van der Waals surface area contributed by atoms with Crippen LogP contribution in [0, 0.1) is 18.3 Å². The van der Waals surface area contributed by atoms with Gasteiger partial charge in [0.25, 0.3) is 0 Å². The Balaban J connectivity index is 3.92. The van der Waals surface area contributed by atoms with Crippen molar-refractivity contribution in [2.45, 2.75) is 19.1 Å². The van der Waals surface area contributed by atoms with Gasteiger partial charge in [0.1, 0.15) is 5.25 Å². The molecule has 0 spiro atoms. The van der Waals surface area contributed by atoms with Gasteiger partial charge in [0.15, 0.2) is 0 Å². The van der Waals surface area contributed by atoms with Gasteiger partial charge in [-0.15, -0.1) is 18.2 Å². The minimum absolute atomic E-state index is 0.130. The summed E-state index contributed by atoms with van der Waals surface area (Å²) in [6.07, 6.45) is 5.01. The molecule has 0 saturated heterocycles. The first-order chi connectivity index (χ1) is 5.09. The lowest BCUT2D eigenvalue weighted by atomic mass is 10.1. The summed E-state index contributed by atoms with van der Waals surface area (Å²) >= 11 is 1.30. The largest absolute Gasteiger partial charge is 0.480 e. The van der Waals surface area contributed by atoms with Gasteiger partial charge < -0.3 is 5.11 Å². The Labute approximate surface area is 71.4 Å². The smallest absolute Gasteiger partial charge is 0.316 e. The van der Waals surface area contributed by atoms with Gasteiger partial charge in [0, 0.05) is 0 Å². The van der Waals surface area contributed by atoms with Crippen LogP contribution in [-0.2, 0) is 4.79 Å². The van der Waals surface area contributed by atoms with E-state index >= 15 is 0 Å². The molecule has 0 fully saturated rings. The second kappa shape index (κ2) is 5.09. The van der Waals surface area contributed by atoms with Crippen LogP contribution in [0.5, 0.6) is 0 Å². The first-order valence-electron chi connectivity index (χ1n) is 3.37. The standard InChI is InChI=1S/C8H12O2S/c1-4-5-11-7(6(2)3)8(9)10/h1,6-7H,5H2,2-3H3,(H,9,10). The molecule has 2 nitrogen and oxygen atoms in total. The third-order valence-electron chi connectivity index (χ3n) is 1.20. The summed E-state index contributed by atoms with van der Waals surface area (Å²) in [5.74, 6) is 2.23. The summed E-state index contributed by atoms with van der Waals surface area (Å²) < 4.78 is 0. The number of carboxylic acid groups (broad SMARTS) is 1. The van der Waals surface area contributed by atoms with Crippen LogP contribution in [0.25, 0.3) is 0 Å². The molecule has 0 rings (SSSR count). The summed E-state index contributed by atoms with van der Waals surface area (Å²) in [5, 5.41) is 8.31. The SMILES string of the molecule is C#CCSC(C(=O)O)C(C)C. The van der Waals surface area contributed by atoms with Crippen molar-refractivity contribution in [3.05, 3.63) is 0 Å². The van der Waals surface area contributed by atoms with Gasteiger partial charge in [-0.05, 0) is 5.92 Å². The minimum Gasteiger partial charge on any atom is -0.480 e. The van der Waals surface area contributed by atoms with Gasteiger partial charge >= 0.3 is 5.97 Å². The lowest BCUT2D eigenvalue weighted by molar-refractivity contribution is -0.137. The maximum atomic E-state index is 10.6. The Kier molecular flexibility index (Phi) is 4.80. The first-order valence-corrected chi connectivity index (χ1v) is 4.42. The van der Waals surface area contributed by atoms with Crippen molar-refractivity contribution in [1.29, 1.82) is 0 Å². The Morgan fingerprint density at radius 3 is 2.55 bits per heavy atom. The molecule has 11 heavy (non-hydrogen) atoms. The lowest BCUT2D eigenvalue weighted by Crippen LogP contribution is -2.22. The van der Waals surface area contributed by atoms with Crippen LogP contribution >= 0.6 is 11.8 Å². The molecule has 0 heterocycles. The molecule has 1 N–H and O–H groups in total. The van der Waals surface area contributed by atoms with E-state index in [9.17, 15) is 4.79 Å². The van der Waals surface area contributed by atoms with Crippen molar-refractivity contribution in [2.75, 3.05) is 5.75 Å². The van der Waals surface area contributed by atoms with E-state index in [2.05, 4.69) is 5.92 Å². The number of aliphatic carboxylic acids is 1. The summed E-state index contributed by atoms with van der Waals surface area (Å²) in [6, 6.07) is 0. The predicted octanol–water partition coefficient (Wildman–Crippen LogP) is 1.46. The molecule has 0 aromatic heterocycles. The summed E-state index contributed by atoms with van der Waals surface area (Å²) in [5.41, 5.74) is 0. The topological polar surface area (TPSA) is 37.3 Å². The van der Waals surface area contributed by atoms with Crippen LogP contribution in [0.1, 0.15) is 13.8 Å². The molecular weight excluding hydrogens is 160 g/mol. The molecule has 1 atom stereocenters. The van der Waals surface area contributed by atoms with Crippen LogP contribution in [0.15, 0.2) is 0 Å². The fourth-order valence-corrected chi connectivity index (χ4v) is 1.49. The summed E-state index contributed by atoms with van der Waals surface area (Å²) in [4.78, 5) is 10.6. The number of thioether (sulfide) groups is 1. The number of carboxylic acids is 1.